The summed E-state index contributed by atoms with van der Waals surface area (Å²) in [6.07, 6.45) is 4.89. The molecule has 2 unspecified atom stereocenters. The number of benzene rings is 1. The predicted octanol–water partition coefficient (Wildman–Crippen LogP) is 2.43. The minimum Gasteiger partial charge on any atom is -0.494 e. The fraction of sp³-hybridized carbons (Fsp3) is 0.632. The number of likely N-dealkylation sites (tertiary alicyclic amines) is 1. The zero-order chi connectivity index (χ0) is 16.9. The molecule has 5 nitrogen and oxygen atoms in total. The third kappa shape index (κ3) is 3.90. The molecule has 0 bridgehead atoms. The van der Waals surface area contributed by atoms with Crippen LogP contribution in [0, 0.1) is 0 Å². The molecule has 2 aliphatic heterocycles. The number of anilines is 1. The van der Waals surface area contributed by atoms with Crippen molar-refractivity contribution < 1.29 is 14.6 Å². The minimum absolute atomic E-state index is 0.0128. The third-order valence-corrected chi connectivity index (χ3v) is 5.20. The van der Waals surface area contributed by atoms with E-state index in [1.54, 1.807) is 4.90 Å². The third-order valence-electron chi connectivity index (χ3n) is 5.20. The van der Waals surface area contributed by atoms with Gasteiger partial charge in [0.25, 0.3) is 0 Å². The Labute approximate surface area is 144 Å². The van der Waals surface area contributed by atoms with E-state index in [1.807, 2.05) is 24.3 Å². The maximum Gasteiger partial charge on any atom is 0.227 e. The summed E-state index contributed by atoms with van der Waals surface area (Å²) in [6.45, 7) is 5.33. The van der Waals surface area contributed by atoms with Gasteiger partial charge < -0.3 is 19.6 Å². The van der Waals surface area contributed by atoms with Crippen molar-refractivity contribution in [1.82, 2.24) is 4.90 Å². The number of nitrogens with zero attached hydrogens (tertiary/aromatic N) is 2. The lowest BCUT2D eigenvalue weighted by atomic mass is 10.2. The first kappa shape index (κ1) is 17.2. The van der Waals surface area contributed by atoms with Gasteiger partial charge in [-0.2, -0.15) is 0 Å². The highest BCUT2D eigenvalue weighted by Crippen LogP contribution is 2.28. The van der Waals surface area contributed by atoms with Crippen LogP contribution >= 0.6 is 0 Å². The molecule has 24 heavy (non-hydrogen) atoms. The molecule has 2 saturated heterocycles. The molecule has 0 saturated carbocycles. The predicted molar refractivity (Wildman–Crippen MR) is 94.4 cm³/mol. The molecule has 0 spiro atoms. The lowest BCUT2D eigenvalue weighted by Crippen LogP contribution is -2.35. The first-order valence-corrected chi connectivity index (χ1v) is 9.09. The van der Waals surface area contributed by atoms with Crippen LogP contribution in [0.2, 0.25) is 0 Å². The number of carbonyl (C=O) groups excluding carboxylic acids is 1. The quantitative estimate of drug-likeness (QED) is 0.779. The molecule has 2 fully saturated rings. The molecule has 1 aromatic carbocycles. The van der Waals surface area contributed by atoms with Crippen molar-refractivity contribution in [2.24, 2.45) is 0 Å². The van der Waals surface area contributed by atoms with Crippen molar-refractivity contribution in [2.75, 3.05) is 31.2 Å². The summed E-state index contributed by atoms with van der Waals surface area (Å²) >= 11 is 0. The van der Waals surface area contributed by atoms with Crippen molar-refractivity contribution in [1.29, 1.82) is 0 Å². The summed E-state index contributed by atoms with van der Waals surface area (Å²) in [5.41, 5.74) is 0.842. The molecule has 1 amide bonds. The second-order valence-corrected chi connectivity index (χ2v) is 6.86. The van der Waals surface area contributed by atoms with Gasteiger partial charge in [-0.05, 0) is 63.4 Å². The molecule has 0 radical (unpaired) electrons. The van der Waals surface area contributed by atoms with Gasteiger partial charge in [0.1, 0.15) is 5.75 Å². The Kier molecular flexibility index (Phi) is 5.74. The summed E-state index contributed by atoms with van der Waals surface area (Å²) in [5.74, 6) is 0.919. The Morgan fingerprint density at radius 1 is 1.25 bits per heavy atom. The maximum atomic E-state index is 12.0. The fourth-order valence-corrected chi connectivity index (χ4v) is 3.76. The highest BCUT2D eigenvalue weighted by Gasteiger charge is 2.31. The van der Waals surface area contributed by atoms with E-state index in [-0.39, 0.29) is 18.6 Å². The number of hydrogen-bond donors (Lipinski definition) is 1. The van der Waals surface area contributed by atoms with Gasteiger partial charge in [0.05, 0.1) is 19.3 Å². The highest BCUT2D eigenvalue weighted by atomic mass is 16.5. The smallest absolute Gasteiger partial charge is 0.227 e. The van der Waals surface area contributed by atoms with E-state index in [4.69, 9.17) is 4.74 Å². The number of aliphatic hydroxyl groups is 1. The van der Waals surface area contributed by atoms with E-state index in [0.717, 1.165) is 30.8 Å². The molecule has 2 aliphatic rings. The zero-order valence-corrected chi connectivity index (χ0v) is 14.5. The first-order chi connectivity index (χ1) is 11.7. The van der Waals surface area contributed by atoms with E-state index in [9.17, 15) is 9.90 Å². The van der Waals surface area contributed by atoms with Crippen LogP contribution in [0.4, 0.5) is 5.69 Å². The van der Waals surface area contributed by atoms with Crippen molar-refractivity contribution in [2.45, 2.75) is 51.1 Å². The molecule has 0 aliphatic carbocycles. The van der Waals surface area contributed by atoms with Crippen LogP contribution in [0.5, 0.6) is 5.75 Å². The monoisotopic (exact) mass is 332 g/mol. The lowest BCUT2D eigenvalue weighted by Gasteiger charge is -2.23. The van der Waals surface area contributed by atoms with Gasteiger partial charge in [-0.25, -0.2) is 0 Å². The number of aliphatic hydroxyl groups excluding tert-OH is 1. The molecule has 3 rings (SSSR count). The first-order valence-electron chi connectivity index (χ1n) is 9.09. The molecule has 1 aromatic rings. The van der Waals surface area contributed by atoms with Crippen molar-refractivity contribution >= 4 is 11.6 Å². The molecule has 2 heterocycles. The second-order valence-electron chi connectivity index (χ2n) is 6.86. The lowest BCUT2D eigenvalue weighted by molar-refractivity contribution is -0.117. The largest absolute Gasteiger partial charge is 0.494 e. The molecular formula is C19H28N2O3. The van der Waals surface area contributed by atoms with E-state index >= 15 is 0 Å². The SMILES string of the molecule is CC1CCCN1CCCOc1ccc(N2C(=O)CCC2CO)cc1. The molecule has 1 N–H and O–H groups in total. The highest BCUT2D eigenvalue weighted by molar-refractivity contribution is 5.96. The Morgan fingerprint density at radius 3 is 2.71 bits per heavy atom. The van der Waals surface area contributed by atoms with Crippen LogP contribution in [0.25, 0.3) is 0 Å². The molecule has 2 atom stereocenters. The van der Waals surface area contributed by atoms with Gasteiger partial charge in [-0.3, -0.25) is 4.79 Å². The van der Waals surface area contributed by atoms with E-state index < -0.39 is 0 Å². The summed E-state index contributed by atoms with van der Waals surface area (Å²) < 4.78 is 5.82. The van der Waals surface area contributed by atoms with Gasteiger partial charge in [-0.1, -0.05) is 0 Å². The average Bonchev–Trinajstić information content (AvgIpc) is 3.18. The summed E-state index contributed by atoms with van der Waals surface area (Å²) in [4.78, 5) is 16.2. The Balaban J connectivity index is 1.47. The van der Waals surface area contributed by atoms with Gasteiger partial charge in [-0.15, -0.1) is 0 Å². The number of ether oxygens (including phenoxy) is 1. The standard InChI is InChI=1S/C19H28N2O3/c1-15-4-2-11-20(15)12-3-13-24-18-8-5-16(6-9-18)21-17(14-22)7-10-19(21)23/h5-6,8-9,15,17,22H,2-4,7,10-14H2,1H3. The van der Waals surface area contributed by atoms with E-state index in [2.05, 4.69) is 11.8 Å². The molecular weight excluding hydrogens is 304 g/mol. The zero-order valence-electron chi connectivity index (χ0n) is 14.5. The normalized spacial score (nSPS) is 24.8. The van der Waals surface area contributed by atoms with Crippen LogP contribution in [-0.2, 0) is 4.79 Å². The number of rotatable bonds is 7. The number of carbonyl (C=O) groups is 1. The number of amides is 1. The van der Waals surface area contributed by atoms with E-state index in [0.29, 0.717) is 19.1 Å². The Hall–Kier alpha value is -1.59. The van der Waals surface area contributed by atoms with E-state index in [1.165, 1.54) is 19.4 Å². The summed E-state index contributed by atoms with van der Waals surface area (Å²) in [5, 5.41) is 9.40. The molecule has 5 heteroatoms. The summed E-state index contributed by atoms with van der Waals surface area (Å²) in [6, 6.07) is 8.25. The van der Waals surface area contributed by atoms with Crippen molar-refractivity contribution in [3.8, 4) is 5.75 Å². The Morgan fingerprint density at radius 2 is 2.04 bits per heavy atom. The average molecular weight is 332 g/mol. The number of hydrogen-bond acceptors (Lipinski definition) is 4. The fourth-order valence-electron chi connectivity index (χ4n) is 3.76. The molecule has 132 valence electrons. The topological polar surface area (TPSA) is 53.0 Å². The summed E-state index contributed by atoms with van der Waals surface area (Å²) in [7, 11) is 0. The van der Waals surface area contributed by atoms with Gasteiger partial charge >= 0.3 is 0 Å². The second kappa shape index (κ2) is 7.99. The van der Waals surface area contributed by atoms with Crippen molar-refractivity contribution in [3.05, 3.63) is 24.3 Å². The van der Waals surface area contributed by atoms with Crippen LogP contribution in [0.15, 0.2) is 24.3 Å². The van der Waals surface area contributed by atoms with Crippen LogP contribution in [0.1, 0.15) is 39.0 Å². The Bertz CT molecular complexity index is 546. The van der Waals surface area contributed by atoms with Gasteiger partial charge in [0, 0.05) is 24.7 Å². The van der Waals surface area contributed by atoms with Crippen LogP contribution in [-0.4, -0.2) is 54.3 Å². The van der Waals surface area contributed by atoms with Crippen molar-refractivity contribution in [3.63, 3.8) is 0 Å². The van der Waals surface area contributed by atoms with Gasteiger partial charge in [0.2, 0.25) is 5.91 Å². The minimum atomic E-state index is -0.0910. The maximum absolute atomic E-state index is 12.0. The molecule has 0 aromatic heterocycles. The van der Waals surface area contributed by atoms with Crippen LogP contribution in [0.3, 0.4) is 0 Å². The van der Waals surface area contributed by atoms with Crippen LogP contribution < -0.4 is 9.64 Å². The van der Waals surface area contributed by atoms with Gasteiger partial charge in [0.15, 0.2) is 0 Å².